The molecule has 27 heavy (non-hydrogen) atoms. The van der Waals surface area contributed by atoms with Gasteiger partial charge in [-0.25, -0.2) is 4.79 Å². The van der Waals surface area contributed by atoms with Crippen LogP contribution in [0.5, 0.6) is 11.5 Å². The van der Waals surface area contributed by atoms with Gasteiger partial charge in [-0.15, -0.1) is 0 Å². The summed E-state index contributed by atoms with van der Waals surface area (Å²) in [5, 5.41) is 9.00. The first-order valence-electron chi connectivity index (χ1n) is 9.19. The van der Waals surface area contributed by atoms with Crippen molar-refractivity contribution in [2.75, 3.05) is 39.9 Å². The second-order valence-corrected chi connectivity index (χ2v) is 6.64. The van der Waals surface area contributed by atoms with E-state index in [2.05, 4.69) is 29.2 Å². The summed E-state index contributed by atoms with van der Waals surface area (Å²) in [4.78, 5) is 14.7. The van der Waals surface area contributed by atoms with Crippen molar-refractivity contribution in [3.63, 3.8) is 0 Å². The number of carbonyl (C=O) groups is 1. The third-order valence-corrected chi connectivity index (χ3v) is 4.79. The number of methoxy groups -OCH3 is 1. The van der Waals surface area contributed by atoms with E-state index in [9.17, 15) is 4.79 Å². The van der Waals surface area contributed by atoms with Gasteiger partial charge in [-0.2, -0.15) is 0 Å². The van der Waals surface area contributed by atoms with E-state index in [1.54, 1.807) is 7.11 Å². The van der Waals surface area contributed by atoms with E-state index in [-0.39, 0.29) is 0 Å². The fourth-order valence-corrected chi connectivity index (χ4v) is 3.13. The molecule has 1 N–H and O–H groups in total. The molecule has 3 rings (SSSR count). The normalized spacial score (nSPS) is 14.8. The Balaban J connectivity index is 1.41. The summed E-state index contributed by atoms with van der Waals surface area (Å²) in [5.41, 5.74) is 2.43. The summed E-state index contributed by atoms with van der Waals surface area (Å²) in [6.07, 6.45) is 0.0189. The number of piperazine rings is 1. The Labute approximate surface area is 159 Å². The first-order chi connectivity index (χ1) is 13.1. The third-order valence-electron chi connectivity index (χ3n) is 4.79. The lowest BCUT2D eigenvalue weighted by Gasteiger charge is -2.33. The summed E-state index contributed by atoms with van der Waals surface area (Å²) >= 11 is 0. The highest BCUT2D eigenvalue weighted by Gasteiger charge is 2.20. The standard InChI is InChI=1S/C21H26N2O4/c1-26-19-6-2-17(3-7-19)10-15-27-20-8-4-18(5-9-20)16-22-11-13-23(14-12-22)21(24)25/h2-9H,10-16H2,1H3,(H,24,25). The van der Waals surface area contributed by atoms with E-state index in [1.807, 2.05) is 24.3 Å². The molecular formula is C21H26N2O4. The van der Waals surface area contributed by atoms with Gasteiger partial charge >= 0.3 is 6.09 Å². The minimum atomic E-state index is -0.828. The predicted molar refractivity (Wildman–Crippen MR) is 104 cm³/mol. The van der Waals surface area contributed by atoms with Gasteiger partial charge in [0.25, 0.3) is 0 Å². The Morgan fingerprint density at radius 2 is 1.52 bits per heavy atom. The molecule has 0 atom stereocenters. The largest absolute Gasteiger partial charge is 0.497 e. The van der Waals surface area contributed by atoms with Gasteiger partial charge in [-0.3, -0.25) is 4.90 Å². The molecule has 6 nitrogen and oxygen atoms in total. The van der Waals surface area contributed by atoms with Crippen LogP contribution in [0.25, 0.3) is 0 Å². The minimum absolute atomic E-state index is 0.571. The Bertz CT molecular complexity index is 723. The third kappa shape index (κ3) is 5.62. The molecule has 2 aromatic rings. The maximum Gasteiger partial charge on any atom is 0.407 e. The molecule has 1 heterocycles. The summed E-state index contributed by atoms with van der Waals surface area (Å²) in [6, 6.07) is 16.2. The van der Waals surface area contributed by atoms with Crippen molar-refractivity contribution in [1.82, 2.24) is 9.80 Å². The van der Waals surface area contributed by atoms with Crippen LogP contribution in [0.4, 0.5) is 4.79 Å². The summed E-state index contributed by atoms with van der Waals surface area (Å²) in [7, 11) is 1.66. The molecule has 0 spiro atoms. The van der Waals surface area contributed by atoms with Crippen molar-refractivity contribution in [3.05, 3.63) is 59.7 Å². The van der Waals surface area contributed by atoms with Crippen LogP contribution in [-0.2, 0) is 13.0 Å². The van der Waals surface area contributed by atoms with Gasteiger partial charge in [0.2, 0.25) is 0 Å². The number of nitrogens with zero attached hydrogens (tertiary/aromatic N) is 2. The lowest BCUT2D eigenvalue weighted by molar-refractivity contribution is 0.103. The van der Waals surface area contributed by atoms with E-state index in [0.717, 1.165) is 37.6 Å². The van der Waals surface area contributed by atoms with Crippen molar-refractivity contribution >= 4 is 6.09 Å². The van der Waals surface area contributed by atoms with E-state index in [4.69, 9.17) is 14.6 Å². The molecule has 2 aromatic carbocycles. The maximum absolute atomic E-state index is 11.0. The number of hydrogen-bond donors (Lipinski definition) is 1. The van der Waals surface area contributed by atoms with Crippen LogP contribution in [-0.4, -0.2) is 60.9 Å². The lowest BCUT2D eigenvalue weighted by Crippen LogP contribution is -2.47. The summed E-state index contributed by atoms with van der Waals surface area (Å²) < 4.78 is 11.0. The molecule has 0 saturated carbocycles. The molecular weight excluding hydrogens is 344 g/mol. The van der Waals surface area contributed by atoms with E-state index >= 15 is 0 Å². The van der Waals surface area contributed by atoms with Crippen LogP contribution in [0.15, 0.2) is 48.5 Å². The van der Waals surface area contributed by atoms with E-state index < -0.39 is 6.09 Å². The Morgan fingerprint density at radius 3 is 2.11 bits per heavy atom. The molecule has 1 aliphatic rings. The Morgan fingerprint density at radius 1 is 0.926 bits per heavy atom. The van der Waals surface area contributed by atoms with Crippen LogP contribution >= 0.6 is 0 Å². The van der Waals surface area contributed by atoms with Crippen molar-refractivity contribution in [2.45, 2.75) is 13.0 Å². The van der Waals surface area contributed by atoms with Gasteiger partial charge in [-0.05, 0) is 35.4 Å². The number of ether oxygens (including phenoxy) is 2. The lowest BCUT2D eigenvalue weighted by atomic mass is 10.1. The highest BCUT2D eigenvalue weighted by atomic mass is 16.5. The maximum atomic E-state index is 11.0. The zero-order valence-corrected chi connectivity index (χ0v) is 15.6. The Hall–Kier alpha value is -2.73. The fraction of sp³-hybridized carbons (Fsp3) is 0.381. The molecule has 0 aromatic heterocycles. The first-order valence-corrected chi connectivity index (χ1v) is 9.19. The second-order valence-electron chi connectivity index (χ2n) is 6.64. The van der Waals surface area contributed by atoms with E-state index in [1.165, 1.54) is 16.0 Å². The average molecular weight is 370 g/mol. The molecule has 1 amide bonds. The smallest absolute Gasteiger partial charge is 0.407 e. The minimum Gasteiger partial charge on any atom is -0.497 e. The molecule has 144 valence electrons. The zero-order valence-electron chi connectivity index (χ0n) is 15.6. The summed E-state index contributed by atoms with van der Waals surface area (Å²) in [6.45, 7) is 4.14. The fourth-order valence-electron chi connectivity index (χ4n) is 3.13. The van der Waals surface area contributed by atoms with Crippen LogP contribution in [0, 0.1) is 0 Å². The summed E-state index contributed by atoms with van der Waals surface area (Å²) in [5.74, 6) is 1.72. The van der Waals surface area contributed by atoms with Crippen LogP contribution in [0.2, 0.25) is 0 Å². The van der Waals surface area contributed by atoms with Crippen LogP contribution in [0.3, 0.4) is 0 Å². The van der Waals surface area contributed by atoms with Crippen LogP contribution < -0.4 is 9.47 Å². The van der Waals surface area contributed by atoms with Gasteiger partial charge in [-0.1, -0.05) is 24.3 Å². The second kappa shape index (κ2) is 9.28. The quantitative estimate of drug-likeness (QED) is 0.811. The van der Waals surface area contributed by atoms with Crippen molar-refractivity contribution in [2.24, 2.45) is 0 Å². The van der Waals surface area contributed by atoms with Crippen LogP contribution in [0.1, 0.15) is 11.1 Å². The zero-order chi connectivity index (χ0) is 19.1. The molecule has 0 aliphatic carbocycles. The SMILES string of the molecule is COc1ccc(CCOc2ccc(CN3CCN(C(=O)O)CC3)cc2)cc1. The molecule has 1 saturated heterocycles. The topological polar surface area (TPSA) is 62.2 Å². The monoisotopic (exact) mass is 370 g/mol. The van der Waals surface area contributed by atoms with Crippen molar-refractivity contribution in [3.8, 4) is 11.5 Å². The van der Waals surface area contributed by atoms with Gasteiger partial charge < -0.3 is 19.5 Å². The average Bonchev–Trinajstić information content (AvgIpc) is 2.70. The van der Waals surface area contributed by atoms with Crippen molar-refractivity contribution < 1.29 is 19.4 Å². The van der Waals surface area contributed by atoms with Gasteiger partial charge in [0.05, 0.1) is 13.7 Å². The highest BCUT2D eigenvalue weighted by molar-refractivity contribution is 5.65. The number of rotatable bonds is 7. The Kier molecular flexibility index (Phi) is 6.54. The molecule has 1 aliphatic heterocycles. The van der Waals surface area contributed by atoms with Gasteiger partial charge in [0.15, 0.2) is 0 Å². The number of carboxylic acid groups (broad SMARTS) is 1. The van der Waals surface area contributed by atoms with E-state index in [0.29, 0.717) is 19.7 Å². The molecule has 1 fully saturated rings. The first kappa shape index (κ1) is 19.0. The molecule has 0 unspecified atom stereocenters. The molecule has 0 bridgehead atoms. The number of amides is 1. The number of hydrogen-bond acceptors (Lipinski definition) is 4. The molecule has 6 heteroatoms. The predicted octanol–water partition coefficient (Wildman–Crippen LogP) is 3.11. The van der Waals surface area contributed by atoms with Gasteiger partial charge in [0.1, 0.15) is 11.5 Å². The van der Waals surface area contributed by atoms with Gasteiger partial charge in [0, 0.05) is 39.1 Å². The highest BCUT2D eigenvalue weighted by Crippen LogP contribution is 2.16. The van der Waals surface area contributed by atoms with Crippen molar-refractivity contribution in [1.29, 1.82) is 0 Å². The number of benzene rings is 2. The molecule has 0 radical (unpaired) electrons.